The lowest BCUT2D eigenvalue weighted by Gasteiger charge is -2.12. The molecule has 1 aliphatic heterocycles. The number of imide groups is 1. The molecular formula is C12H10N2O6. The third kappa shape index (κ3) is 2.79. The van der Waals surface area contributed by atoms with Gasteiger partial charge >= 0.3 is 5.97 Å². The van der Waals surface area contributed by atoms with Crippen molar-refractivity contribution in [1.82, 2.24) is 5.06 Å². The number of amides is 2. The maximum absolute atomic E-state index is 11.6. The molecule has 0 bridgehead atoms. The molecule has 1 aromatic rings. The van der Waals surface area contributed by atoms with Crippen LogP contribution in [0.5, 0.6) is 0 Å². The van der Waals surface area contributed by atoms with Crippen LogP contribution in [0.15, 0.2) is 24.3 Å². The third-order valence-corrected chi connectivity index (χ3v) is 2.72. The lowest BCUT2D eigenvalue weighted by Crippen LogP contribution is -2.32. The second kappa shape index (κ2) is 5.47. The summed E-state index contributed by atoms with van der Waals surface area (Å²) in [5.74, 6) is -2.08. The van der Waals surface area contributed by atoms with E-state index in [0.29, 0.717) is 5.06 Å². The quantitative estimate of drug-likeness (QED) is 0.457. The van der Waals surface area contributed by atoms with Gasteiger partial charge in [-0.25, -0.2) is 4.79 Å². The summed E-state index contributed by atoms with van der Waals surface area (Å²) >= 11 is 0. The van der Waals surface area contributed by atoms with E-state index in [0.717, 1.165) is 0 Å². The van der Waals surface area contributed by atoms with Crippen molar-refractivity contribution < 1.29 is 24.1 Å². The zero-order valence-electron chi connectivity index (χ0n) is 10.3. The summed E-state index contributed by atoms with van der Waals surface area (Å²) in [6.07, 6.45) is -0.399. The van der Waals surface area contributed by atoms with Crippen LogP contribution in [0.3, 0.4) is 0 Å². The smallest absolute Gasteiger partial charge is 0.330 e. The highest BCUT2D eigenvalue weighted by molar-refractivity contribution is 6.01. The summed E-state index contributed by atoms with van der Waals surface area (Å²) in [5, 5.41) is 11.2. The molecule has 1 aliphatic rings. The fourth-order valence-electron chi connectivity index (χ4n) is 1.79. The Morgan fingerprint density at radius 1 is 1.25 bits per heavy atom. The Bertz CT molecular complexity index is 581. The molecule has 0 aliphatic carbocycles. The number of hydrogen-bond acceptors (Lipinski definition) is 6. The van der Waals surface area contributed by atoms with Crippen LogP contribution >= 0.6 is 0 Å². The number of nitro benzene ring substituents is 1. The van der Waals surface area contributed by atoms with Crippen LogP contribution in [-0.4, -0.2) is 27.8 Å². The Morgan fingerprint density at radius 2 is 1.85 bits per heavy atom. The normalized spacial score (nSPS) is 14.5. The van der Waals surface area contributed by atoms with Crippen molar-refractivity contribution in [3.63, 3.8) is 0 Å². The van der Waals surface area contributed by atoms with Crippen LogP contribution in [0.2, 0.25) is 0 Å². The van der Waals surface area contributed by atoms with Gasteiger partial charge < -0.3 is 4.84 Å². The van der Waals surface area contributed by atoms with Gasteiger partial charge in [-0.05, 0) is 0 Å². The molecule has 0 radical (unpaired) electrons. The first-order valence-corrected chi connectivity index (χ1v) is 5.78. The zero-order valence-corrected chi connectivity index (χ0v) is 10.3. The van der Waals surface area contributed by atoms with Gasteiger partial charge in [0.1, 0.15) is 0 Å². The SMILES string of the molecule is O=C(Cc1ccccc1[N+](=O)[O-])ON1C(=O)CCC1=O. The molecule has 1 saturated heterocycles. The molecule has 0 N–H and O–H groups in total. The van der Waals surface area contributed by atoms with Crippen LogP contribution in [0.1, 0.15) is 18.4 Å². The molecule has 0 unspecified atom stereocenters. The molecule has 1 heterocycles. The predicted octanol–water partition coefficient (Wildman–Crippen LogP) is 0.744. The molecule has 0 aromatic heterocycles. The van der Waals surface area contributed by atoms with E-state index < -0.39 is 29.1 Å². The maximum atomic E-state index is 11.6. The zero-order chi connectivity index (χ0) is 14.7. The largest absolute Gasteiger partial charge is 0.337 e. The minimum absolute atomic E-state index is 0.00238. The fourth-order valence-corrected chi connectivity index (χ4v) is 1.79. The Hall–Kier alpha value is -2.77. The van der Waals surface area contributed by atoms with Gasteiger partial charge in [0.15, 0.2) is 0 Å². The number of nitro groups is 1. The molecular weight excluding hydrogens is 268 g/mol. The van der Waals surface area contributed by atoms with E-state index >= 15 is 0 Å². The van der Waals surface area contributed by atoms with Gasteiger partial charge in [0.25, 0.3) is 17.5 Å². The standard InChI is InChI=1S/C12H10N2O6/c15-10-5-6-11(16)13(10)20-12(17)7-8-3-1-2-4-9(8)14(18)19/h1-4H,5-7H2. The van der Waals surface area contributed by atoms with Crippen molar-refractivity contribution in [2.45, 2.75) is 19.3 Å². The lowest BCUT2D eigenvalue weighted by molar-refractivity contribution is -0.385. The van der Waals surface area contributed by atoms with E-state index in [1.807, 2.05) is 0 Å². The highest BCUT2D eigenvalue weighted by Gasteiger charge is 2.33. The number of para-hydroxylation sites is 1. The molecule has 0 atom stereocenters. The fraction of sp³-hybridized carbons (Fsp3) is 0.250. The minimum atomic E-state index is -0.900. The monoisotopic (exact) mass is 278 g/mol. The molecule has 20 heavy (non-hydrogen) atoms. The summed E-state index contributed by atoms with van der Waals surface area (Å²) < 4.78 is 0. The van der Waals surface area contributed by atoms with Gasteiger partial charge in [-0.1, -0.05) is 18.2 Å². The summed E-state index contributed by atoms with van der Waals surface area (Å²) in [7, 11) is 0. The van der Waals surface area contributed by atoms with Crippen molar-refractivity contribution in [2.75, 3.05) is 0 Å². The summed E-state index contributed by atoms with van der Waals surface area (Å²) in [4.78, 5) is 49.0. The van der Waals surface area contributed by atoms with Crippen LogP contribution in [-0.2, 0) is 25.6 Å². The maximum Gasteiger partial charge on any atom is 0.337 e. The topological polar surface area (TPSA) is 107 Å². The highest BCUT2D eigenvalue weighted by atomic mass is 16.7. The van der Waals surface area contributed by atoms with Gasteiger partial charge in [-0.3, -0.25) is 19.7 Å². The third-order valence-electron chi connectivity index (χ3n) is 2.72. The number of rotatable bonds is 4. The van der Waals surface area contributed by atoms with Crippen LogP contribution in [0.4, 0.5) is 5.69 Å². The van der Waals surface area contributed by atoms with Crippen molar-refractivity contribution in [1.29, 1.82) is 0 Å². The minimum Gasteiger partial charge on any atom is -0.330 e. The first-order valence-electron chi connectivity index (χ1n) is 5.78. The van der Waals surface area contributed by atoms with E-state index in [2.05, 4.69) is 4.84 Å². The summed E-state index contributed by atoms with van der Waals surface area (Å²) in [5.41, 5.74) is -0.0647. The molecule has 8 nitrogen and oxygen atoms in total. The van der Waals surface area contributed by atoms with Crippen molar-refractivity contribution in [3.05, 3.63) is 39.9 Å². The Kier molecular flexibility index (Phi) is 3.74. The molecule has 0 spiro atoms. The molecule has 8 heteroatoms. The van der Waals surface area contributed by atoms with Crippen molar-refractivity contribution in [2.24, 2.45) is 0 Å². The molecule has 1 fully saturated rings. The van der Waals surface area contributed by atoms with E-state index in [1.54, 1.807) is 6.07 Å². The average Bonchev–Trinajstić information content (AvgIpc) is 2.71. The molecule has 0 saturated carbocycles. The van der Waals surface area contributed by atoms with Crippen molar-refractivity contribution >= 4 is 23.5 Å². The Balaban J connectivity index is 2.07. The van der Waals surface area contributed by atoms with Gasteiger partial charge in [-0.15, -0.1) is 5.06 Å². The molecule has 2 rings (SSSR count). The lowest BCUT2D eigenvalue weighted by atomic mass is 10.1. The molecule has 2 amide bonds. The number of hydrogen-bond donors (Lipinski definition) is 0. The van der Waals surface area contributed by atoms with Gasteiger partial charge in [0, 0.05) is 24.5 Å². The predicted molar refractivity (Wildman–Crippen MR) is 64.0 cm³/mol. The van der Waals surface area contributed by atoms with Gasteiger partial charge in [-0.2, -0.15) is 0 Å². The first-order chi connectivity index (χ1) is 9.49. The van der Waals surface area contributed by atoms with Gasteiger partial charge in [0.05, 0.1) is 11.3 Å². The van der Waals surface area contributed by atoms with Crippen LogP contribution < -0.4 is 0 Å². The number of hydroxylamine groups is 2. The Labute approximate surface area is 113 Å². The van der Waals surface area contributed by atoms with Crippen LogP contribution in [0, 0.1) is 10.1 Å². The molecule has 104 valence electrons. The Morgan fingerprint density at radius 3 is 2.45 bits per heavy atom. The van der Waals surface area contributed by atoms with E-state index in [9.17, 15) is 24.5 Å². The second-order valence-electron chi connectivity index (χ2n) is 4.11. The first kappa shape index (κ1) is 13.7. The number of nitrogens with zero attached hydrogens (tertiary/aromatic N) is 2. The van der Waals surface area contributed by atoms with E-state index in [1.165, 1.54) is 18.2 Å². The number of carbonyl (C=O) groups excluding carboxylic acids is 3. The number of benzene rings is 1. The van der Waals surface area contributed by atoms with E-state index in [4.69, 9.17) is 0 Å². The second-order valence-corrected chi connectivity index (χ2v) is 4.11. The van der Waals surface area contributed by atoms with E-state index in [-0.39, 0.29) is 24.1 Å². The van der Waals surface area contributed by atoms with Crippen molar-refractivity contribution in [3.8, 4) is 0 Å². The molecule has 1 aromatic carbocycles. The number of carbonyl (C=O) groups is 3. The summed E-state index contributed by atoms with van der Waals surface area (Å²) in [6, 6.07) is 5.68. The average molecular weight is 278 g/mol. The summed E-state index contributed by atoms with van der Waals surface area (Å²) in [6.45, 7) is 0. The van der Waals surface area contributed by atoms with Crippen LogP contribution in [0.25, 0.3) is 0 Å². The van der Waals surface area contributed by atoms with Gasteiger partial charge in [0.2, 0.25) is 0 Å². The highest BCUT2D eigenvalue weighted by Crippen LogP contribution is 2.19.